The van der Waals surface area contributed by atoms with Crippen molar-refractivity contribution >= 4 is 5.91 Å². The zero-order valence-corrected chi connectivity index (χ0v) is 12.0. The molecule has 2 saturated heterocycles. The van der Waals surface area contributed by atoms with Crippen LogP contribution in [0.5, 0.6) is 0 Å². The molecule has 110 valence electrons. The molecule has 2 aliphatic heterocycles. The molecule has 0 aromatic carbocycles. The van der Waals surface area contributed by atoms with Gasteiger partial charge in [0.05, 0.1) is 5.54 Å². The summed E-state index contributed by atoms with van der Waals surface area (Å²) >= 11 is 0. The van der Waals surface area contributed by atoms with Crippen LogP contribution < -0.4 is 11.1 Å². The van der Waals surface area contributed by atoms with Crippen molar-refractivity contribution in [2.45, 2.75) is 50.6 Å². The number of amides is 1. The van der Waals surface area contributed by atoms with E-state index in [2.05, 4.69) is 17.1 Å². The lowest BCUT2D eigenvalue weighted by molar-refractivity contribution is -0.130. The van der Waals surface area contributed by atoms with Crippen molar-refractivity contribution in [3.63, 3.8) is 0 Å². The molecule has 5 heteroatoms. The summed E-state index contributed by atoms with van der Waals surface area (Å²) in [6.07, 6.45) is 4.96. The van der Waals surface area contributed by atoms with E-state index in [0.717, 1.165) is 19.6 Å². The maximum Gasteiger partial charge on any atom is 0.240 e. The van der Waals surface area contributed by atoms with Crippen LogP contribution >= 0.6 is 0 Å². The molecule has 0 aliphatic carbocycles. The number of hydrogen-bond acceptors (Lipinski definition) is 4. The summed E-state index contributed by atoms with van der Waals surface area (Å²) in [6, 6.07) is 0.478. The largest absolute Gasteiger partial charge is 0.381 e. The number of piperidine rings is 1. The summed E-state index contributed by atoms with van der Waals surface area (Å²) in [7, 11) is 0. The Kier molecular flexibility index (Phi) is 5.19. The molecule has 2 fully saturated rings. The Balaban J connectivity index is 1.81. The van der Waals surface area contributed by atoms with E-state index in [4.69, 9.17) is 10.5 Å². The second-order valence-electron chi connectivity index (χ2n) is 5.76. The minimum absolute atomic E-state index is 0.00238. The standard InChI is InChI=1S/C14H27N3O2/c1-2-17-8-4-3-5-12(17)11-16-13(18)14(15)6-9-19-10-7-14/h12H,2-11,15H2,1H3,(H,16,18). The molecule has 1 atom stereocenters. The number of nitrogens with zero attached hydrogens (tertiary/aromatic N) is 1. The highest BCUT2D eigenvalue weighted by Gasteiger charge is 2.36. The van der Waals surface area contributed by atoms with Gasteiger partial charge >= 0.3 is 0 Å². The SMILES string of the molecule is CCN1CCCCC1CNC(=O)C1(N)CCOCC1. The first-order valence-corrected chi connectivity index (χ1v) is 7.55. The summed E-state index contributed by atoms with van der Waals surface area (Å²) in [6.45, 7) is 6.30. The second kappa shape index (κ2) is 6.68. The van der Waals surface area contributed by atoms with Crippen molar-refractivity contribution in [3.8, 4) is 0 Å². The van der Waals surface area contributed by atoms with Gasteiger partial charge in [0.1, 0.15) is 0 Å². The highest BCUT2D eigenvalue weighted by Crippen LogP contribution is 2.19. The van der Waals surface area contributed by atoms with Gasteiger partial charge in [-0.05, 0) is 38.8 Å². The lowest BCUT2D eigenvalue weighted by atomic mass is 9.90. The first kappa shape index (κ1) is 14.8. The van der Waals surface area contributed by atoms with Gasteiger partial charge in [-0.3, -0.25) is 9.69 Å². The number of nitrogens with one attached hydrogen (secondary N) is 1. The molecule has 2 rings (SSSR count). The van der Waals surface area contributed by atoms with Gasteiger partial charge in [0, 0.05) is 25.8 Å². The maximum absolute atomic E-state index is 12.2. The van der Waals surface area contributed by atoms with E-state index in [1.54, 1.807) is 0 Å². The maximum atomic E-state index is 12.2. The van der Waals surface area contributed by atoms with Crippen molar-refractivity contribution in [1.29, 1.82) is 0 Å². The molecular weight excluding hydrogens is 242 g/mol. The summed E-state index contributed by atoms with van der Waals surface area (Å²) < 4.78 is 5.28. The van der Waals surface area contributed by atoms with Crippen molar-refractivity contribution in [1.82, 2.24) is 10.2 Å². The fourth-order valence-corrected chi connectivity index (χ4v) is 3.06. The van der Waals surface area contributed by atoms with Crippen molar-refractivity contribution in [2.75, 3.05) is 32.8 Å². The van der Waals surface area contributed by atoms with E-state index >= 15 is 0 Å². The molecule has 0 radical (unpaired) electrons. The van der Waals surface area contributed by atoms with E-state index in [0.29, 0.717) is 32.1 Å². The van der Waals surface area contributed by atoms with Gasteiger partial charge < -0.3 is 15.8 Å². The number of carbonyl (C=O) groups is 1. The molecule has 5 nitrogen and oxygen atoms in total. The van der Waals surface area contributed by atoms with Crippen LogP contribution in [0.2, 0.25) is 0 Å². The van der Waals surface area contributed by atoms with Crippen molar-refractivity contribution < 1.29 is 9.53 Å². The highest BCUT2D eigenvalue weighted by molar-refractivity contribution is 5.86. The lowest BCUT2D eigenvalue weighted by Crippen LogP contribution is -2.58. The van der Waals surface area contributed by atoms with Gasteiger partial charge in [-0.15, -0.1) is 0 Å². The fourth-order valence-electron chi connectivity index (χ4n) is 3.06. The number of carbonyl (C=O) groups excluding carboxylic acids is 1. The zero-order valence-electron chi connectivity index (χ0n) is 12.0. The molecule has 2 heterocycles. The predicted molar refractivity (Wildman–Crippen MR) is 74.9 cm³/mol. The van der Waals surface area contributed by atoms with E-state index in [9.17, 15) is 4.79 Å². The molecule has 3 N–H and O–H groups in total. The predicted octanol–water partition coefficient (Wildman–Crippen LogP) is 0.485. The summed E-state index contributed by atoms with van der Waals surface area (Å²) in [5.74, 6) is -0.00238. The molecule has 19 heavy (non-hydrogen) atoms. The van der Waals surface area contributed by atoms with Crippen LogP contribution in [0.15, 0.2) is 0 Å². The van der Waals surface area contributed by atoms with Crippen LogP contribution in [-0.2, 0) is 9.53 Å². The fraction of sp³-hybridized carbons (Fsp3) is 0.929. The number of ether oxygens (including phenoxy) is 1. The third kappa shape index (κ3) is 3.68. The van der Waals surface area contributed by atoms with E-state index in [1.165, 1.54) is 19.3 Å². The third-order valence-corrected chi connectivity index (χ3v) is 4.49. The highest BCUT2D eigenvalue weighted by atomic mass is 16.5. The van der Waals surface area contributed by atoms with E-state index in [-0.39, 0.29) is 5.91 Å². The zero-order chi connectivity index (χ0) is 13.7. The smallest absolute Gasteiger partial charge is 0.240 e. The molecule has 0 bridgehead atoms. The van der Waals surface area contributed by atoms with Gasteiger partial charge in [0.25, 0.3) is 0 Å². The Morgan fingerprint density at radius 2 is 2.16 bits per heavy atom. The average molecular weight is 269 g/mol. The van der Waals surface area contributed by atoms with Crippen LogP contribution in [0, 0.1) is 0 Å². The van der Waals surface area contributed by atoms with Crippen LogP contribution in [0.3, 0.4) is 0 Å². The van der Waals surface area contributed by atoms with Crippen LogP contribution in [0.1, 0.15) is 39.0 Å². The number of likely N-dealkylation sites (N-methyl/N-ethyl adjacent to an activating group) is 1. The van der Waals surface area contributed by atoms with Gasteiger partial charge in [-0.1, -0.05) is 13.3 Å². The minimum Gasteiger partial charge on any atom is -0.381 e. The first-order chi connectivity index (χ1) is 9.15. The molecular formula is C14H27N3O2. The van der Waals surface area contributed by atoms with Gasteiger partial charge in [0.2, 0.25) is 5.91 Å². The Labute approximate surface area is 115 Å². The second-order valence-corrected chi connectivity index (χ2v) is 5.76. The molecule has 2 aliphatic rings. The number of rotatable bonds is 4. The van der Waals surface area contributed by atoms with Gasteiger partial charge in [-0.25, -0.2) is 0 Å². The van der Waals surface area contributed by atoms with Crippen LogP contribution in [0.25, 0.3) is 0 Å². The topological polar surface area (TPSA) is 67.6 Å². The summed E-state index contributed by atoms with van der Waals surface area (Å²) in [5, 5.41) is 3.07. The molecule has 0 spiro atoms. The molecule has 1 amide bonds. The lowest BCUT2D eigenvalue weighted by Gasteiger charge is -2.37. The Morgan fingerprint density at radius 3 is 2.84 bits per heavy atom. The van der Waals surface area contributed by atoms with E-state index < -0.39 is 5.54 Å². The van der Waals surface area contributed by atoms with E-state index in [1.807, 2.05) is 0 Å². The summed E-state index contributed by atoms with van der Waals surface area (Å²) in [4.78, 5) is 14.7. The molecule has 0 aromatic heterocycles. The first-order valence-electron chi connectivity index (χ1n) is 7.55. The van der Waals surface area contributed by atoms with Gasteiger partial charge in [0.15, 0.2) is 0 Å². The number of likely N-dealkylation sites (tertiary alicyclic amines) is 1. The Bertz CT molecular complexity index is 303. The minimum atomic E-state index is -0.718. The van der Waals surface area contributed by atoms with Crippen molar-refractivity contribution in [3.05, 3.63) is 0 Å². The normalized spacial score (nSPS) is 28.0. The Hall–Kier alpha value is -0.650. The summed E-state index contributed by atoms with van der Waals surface area (Å²) in [5.41, 5.74) is 5.46. The number of hydrogen-bond donors (Lipinski definition) is 2. The number of nitrogens with two attached hydrogens (primary N) is 1. The monoisotopic (exact) mass is 269 g/mol. The van der Waals surface area contributed by atoms with Crippen molar-refractivity contribution in [2.24, 2.45) is 5.73 Å². The van der Waals surface area contributed by atoms with Gasteiger partial charge in [-0.2, -0.15) is 0 Å². The average Bonchev–Trinajstić information content (AvgIpc) is 2.45. The molecule has 0 aromatic rings. The molecule has 1 unspecified atom stereocenters. The molecule has 0 saturated carbocycles. The third-order valence-electron chi connectivity index (χ3n) is 4.49. The van der Waals surface area contributed by atoms with Crippen LogP contribution in [-0.4, -0.2) is 55.2 Å². The quantitative estimate of drug-likeness (QED) is 0.779. The Morgan fingerprint density at radius 1 is 1.42 bits per heavy atom. The van der Waals surface area contributed by atoms with Crippen LogP contribution in [0.4, 0.5) is 0 Å².